The fourth-order valence-electron chi connectivity index (χ4n) is 3.26. The third-order valence-corrected chi connectivity index (χ3v) is 4.31. The highest BCUT2D eigenvalue weighted by Crippen LogP contribution is 2.48. The Bertz CT molecular complexity index is 444. The van der Waals surface area contributed by atoms with Crippen molar-refractivity contribution in [3.05, 3.63) is 35.4 Å². The summed E-state index contributed by atoms with van der Waals surface area (Å²) in [4.78, 5) is 0. The van der Waals surface area contributed by atoms with Gasteiger partial charge in [0.25, 0.3) is 0 Å². The van der Waals surface area contributed by atoms with E-state index in [4.69, 9.17) is 11.0 Å². The van der Waals surface area contributed by atoms with Crippen molar-refractivity contribution in [3.8, 4) is 6.07 Å². The molecular weight excluding hydrogens is 224 g/mol. The summed E-state index contributed by atoms with van der Waals surface area (Å²) in [6.45, 7) is 0.709. The van der Waals surface area contributed by atoms with E-state index in [1.54, 1.807) is 6.07 Å². The molecule has 3 heteroatoms. The van der Waals surface area contributed by atoms with Crippen LogP contribution in [0.3, 0.4) is 0 Å². The maximum Gasteiger partial charge on any atom is 0.0991 e. The molecule has 1 aliphatic carbocycles. The zero-order valence-electron chi connectivity index (χ0n) is 10.6. The second kappa shape index (κ2) is 5.51. The number of aliphatic hydroxyl groups is 1. The van der Waals surface area contributed by atoms with E-state index < -0.39 is 0 Å². The molecule has 2 rings (SSSR count). The van der Waals surface area contributed by atoms with Gasteiger partial charge in [-0.3, -0.25) is 0 Å². The Morgan fingerprint density at radius 2 is 2.11 bits per heavy atom. The predicted octanol–water partition coefficient (Wildman–Crippen LogP) is 2.15. The monoisotopic (exact) mass is 244 g/mol. The summed E-state index contributed by atoms with van der Waals surface area (Å²) in [5.41, 5.74) is 7.62. The molecule has 1 unspecified atom stereocenters. The van der Waals surface area contributed by atoms with Gasteiger partial charge in [-0.05, 0) is 37.1 Å². The van der Waals surface area contributed by atoms with Crippen molar-refractivity contribution < 1.29 is 5.11 Å². The smallest absolute Gasteiger partial charge is 0.0991 e. The number of hydrogen-bond donors (Lipinski definition) is 2. The number of hydrogen-bond acceptors (Lipinski definition) is 3. The minimum atomic E-state index is -0.0805. The van der Waals surface area contributed by atoms with Gasteiger partial charge in [0.2, 0.25) is 0 Å². The van der Waals surface area contributed by atoms with Crippen molar-refractivity contribution in [2.75, 3.05) is 13.2 Å². The van der Waals surface area contributed by atoms with E-state index in [1.807, 2.05) is 18.2 Å². The summed E-state index contributed by atoms with van der Waals surface area (Å²) in [5.74, 6) is 0.151. The van der Waals surface area contributed by atoms with Crippen LogP contribution >= 0.6 is 0 Å². The summed E-state index contributed by atoms with van der Waals surface area (Å²) in [6, 6.07) is 9.80. The van der Waals surface area contributed by atoms with Crippen LogP contribution in [0, 0.1) is 16.7 Å². The second-order valence-electron chi connectivity index (χ2n) is 5.25. The predicted molar refractivity (Wildman–Crippen MR) is 70.9 cm³/mol. The first-order chi connectivity index (χ1) is 8.75. The molecule has 0 radical (unpaired) electrons. The fourth-order valence-corrected chi connectivity index (χ4v) is 3.26. The van der Waals surface area contributed by atoms with Crippen LogP contribution in [0.15, 0.2) is 24.3 Å². The van der Waals surface area contributed by atoms with Gasteiger partial charge in [-0.1, -0.05) is 25.0 Å². The Morgan fingerprint density at radius 3 is 2.67 bits per heavy atom. The molecule has 1 aliphatic rings. The van der Waals surface area contributed by atoms with Gasteiger partial charge in [0.05, 0.1) is 11.6 Å². The molecule has 1 aromatic rings. The van der Waals surface area contributed by atoms with E-state index in [-0.39, 0.29) is 17.9 Å². The van der Waals surface area contributed by atoms with Gasteiger partial charge in [0, 0.05) is 17.9 Å². The van der Waals surface area contributed by atoms with Crippen LogP contribution in [0.5, 0.6) is 0 Å². The van der Waals surface area contributed by atoms with E-state index in [9.17, 15) is 5.11 Å². The van der Waals surface area contributed by atoms with Crippen LogP contribution in [0.4, 0.5) is 0 Å². The van der Waals surface area contributed by atoms with Crippen molar-refractivity contribution in [2.24, 2.45) is 11.1 Å². The molecule has 0 amide bonds. The summed E-state index contributed by atoms with van der Waals surface area (Å²) < 4.78 is 0. The normalized spacial score (nSPS) is 19.4. The Hall–Kier alpha value is -1.37. The lowest BCUT2D eigenvalue weighted by Crippen LogP contribution is -2.34. The molecule has 0 aliphatic heterocycles. The lowest BCUT2D eigenvalue weighted by molar-refractivity contribution is 0.103. The Kier molecular flexibility index (Phi) is 4.00. The number of aliphatic hydroxyl groups excluding tert-OH is 1. The topological polar surface area (TPSA) is 70.0 Å². The highest BCUT2D eigenvalue weighted by molar-refractivity contribution is 5.35. The number of nitrogens with two attached hydrogens (primary N) is 1. The van der Waals surface area contributed by atoms with Gasteiger partial charge < -0.3 is 10.8 Å². The molecule has 1 aromatic carbocycles. The molecule has 1 saturated carbocycles. The Labute approximate surface area is 108 Å². The Balaban J connectivity index is 2.35. The highest BCUT2D eigenvalue weighted by atomic mass is 16.3. The van der Waals surface area contributed by atoms with Crippen molar-refractivity contribution in [1.82, 2.24) is 0 Å². The zero-order valence-corrected chi connectivity index (χ0v) is 10.6. The minimum Gasteiger partial charge on any atom is -0.396 e. The fraction of sp³-hybridized carbons (Fsp3) is 0.533. The first-order valence-electron chi connectivity index (χ1n) is 6.57. The number of rotatable bonds is 4. The first kappa shape index (κ1) is 13.1. The van der Waals surface area contributed by atoms with Gasteiger partial charge in [0.15, 0.2) is 0 Å². The molecule has 18 heavy (non-hydrogen) atoms. The minimum absolute atomic E-state index is 0.0805. The van der Waals surface area contributed by atoms with Crippen LogP contribution in [-0.4, -0.2) is 18.3 Å². The standard InChI is InChI=1S/C15H20N2O/c16-9-12-4-3-5-13(8-12)14(10-17)15(11-18)6-1-2-7-15/h3-5,8,14,18H,1-2,6-7,10-11,17H2. The van der Waals surface area contributed by atoms with E-state index in [0.717, 1.165) is 31.2 Å². The molecular formula is C15H20N2O. The summed E-state index contributed by atoms with van der Waals surface area (Å²) in [5, 5.41) is 18.8. The van der Waals surface area contributed by atoms with Crippen molar-refractivity contribution in [2.45, 2.75) is 31.6 Å². The molecule has 1 fully saturated rings. The summed E-state index contributed by atoms with van der Waals surface area (Å²) in [6.07, 6.45) is 4.38. The molecule has 96 valence electrons. The van der Waals surface area contributed by atoms with E-state index in [1.165, 1.54) is 0 Å². The van der Waals surface area contributed by atoms with Gasteiger partial charge in [-0.25, -0.2) is 0 Å². The third kappa shape index (κ3) is 2.27. The van der Waals surface area contributed by atoms with Crippen LogP contribution in [0.1, 0.15) is 42.7 Å². The van der Waals surface area contributed by atoms with E-state index in [2.05, 4.69) is 6.07 Å². The quantitative estimate of drug-likeness (QED) is 0.852. The lowest BCUT2D eigenvalue weighted by Gasteiger charge is -2.35. The molecule has 1 atom stereocenters. The summed E-state index contributed by atoms with van der Waals surface area (Å²) in [7, 11) is 0. The largest absolute Gasteiger partial charge is 0.396 e. The average Bonchev–Trinajstić information content (AvgIpc) is 2.90. The maximum atomic E-state index is 9.79. The second-order valence-corrected chi connectivity index (χ2v) is 5.25. The lowest BCUT2D eigenvalue weighted by atomic mass is 9.71. The van der Waals surface area contributed by atoms with Gasteiger partial charge in [-0.2, -0.15) is 5.26 Å². The number of benzene rings is 1. The third-order valence-electron chi connectivity index (χ3n) is 4.31. The summed E-state index contributed by atoms with van der Waals surface area (Å²) >= 11 is 0. The highest BCUT2D eigenvalue weighted by Gasteiger charge is 2.40. The molecule has 3 nitrogen and oxygen atoms in total. The number of nitriles is 1. The van der Waals surface area contributed by atoms with Crippen LogP contribution in [0.2, 0.25) is 0 Å². The first-order valence-corrected chi connectivity index (χ1v) is 6.57. The van der Waals surface area contributed by atoms with Gasteiger partial charge in [0.1, 0.15) is 0 Å². The molecule has 0 bridgehead atoms. The van der Waals surface area contributed by atoms with Crippen LogP contribution in [0.25, 0.3) is 0 Å². The molecule has 0 saturated heterocycles. The van der Waals surface area contributed by atoms with E-state index >= 15 is 0 Å². The molecule has 3 N–H and O–H groups in total. The SMILES string of the molecule is N#Cc1cccc(C(CN)C2(CO)CCCC2)c1. The van der Waals surface area contributed by atoms with Crippen LogP contribution in [-0.2, 0) is 0 Å². The molecule has 0 heterocycles. The van der Waals surface area contributed by atoms with Crippen LogP contribution < -0.4 is 5.73 Å². The van der Waals surface area contributed by atoms with Gasteiger partial charge in [-0.15, -0.1) is 0 Å². The Morgan fingerprint density at radius 1 is 1.39 bits per heavy atom. The molecule has 0 aromatic heterocycles. The average molecular weight is 244 g/mol. The maximum absolute atomic E-state index is 9.79. The van der Waals surface area contributed by atoms with Crippen molar-refractivity contribution in [1.29, 1.82) is 5.26 Å². The van der Waals surface area contributed by atoms with E-state index in [0.29, 0.717) is 12.1 Å². The number of nitrogens with zero attached hydrogens (tertiary/aromatic N) is 1. The van der Waals surface area contributed by atoms with Gasteiger partial charge >= 0.3 is 0 Å². The van der Waals surface area contributed by atoms with Crippen molar-refractivity contribution >= 4 is 0 Å². The zero-order chi connectivity index (χ0) is 13.0. The van der Waals surface area contributed by atoms with Crippen molar-refractivity contribution in [3.63, 3.8) is 0 Å². The molecule has 0 spiro atoms.